The maximum Gasteiger partial charge on any atom is 0.416 e. The molecule has 0 saturated carbocycles. The summed E-state index contributed by atoms with van der Waals surface area (Å²) < 4.78 is 78.5. The maximum atomic E-state index is 13.1. The quantitative estimate of drug-likeness (QED) is 0.299. The Labute approximate surface area is 200 Å². The Balaban J connectivity index is 1.98. The van der Waals surface area contributed by atoms with Gasteiger partial charge in [0.2, 0.25) is 0 Å². The number of halogens is 6. The van der Waals surface area contributed by atoms with Crippen molar-refractivity contribution in [3.8, 4) is 0 Å². The van der Waals surface area contributed by atoms with Crippen LogP contribution in [0.15, 0.2) is 61.2 Å². The normalized spacial score (nSPS) is 20.4. The Morgan fingerprint density at radius 3 is 2.03 bits per heavy atom. The van der Waals surface area contributed by atoms with Crippen molar-refractivity contribution in [3.05, 3.63) is 83.4 Å². The minimum Gasteiger partial charge on any atom is -0.481 e. The predicted molar refractivity (Wildman–Crippen MR) is 119 cm³/mol. The first kappa shape index (κ1) is 26.8. The average molecular weight is 499 g/mol. The molecule has 3 nitrogen and oxygen atoms in total. The van der Waals surface area contributed by atoms with Crippen LogP contribution in [-0.2, 0) is 17.1 Å². The number of carbonyl (C=O) groups is 1. The fourth-order valence-electron chi connectivity index (χ4n) is 4.78. The zero-order valence-corrected chi connectivity index (χ0v) is 18.9. The first-order chi connectivity index (χ1) is 16.4. The van der Waals surface area contributed by atoms with E-state index in [-0.39, 0.29) is 24.4 Å². The molecule has 35 heavy (non-hydrogen) atoms. The first-order valence-corrected chi connectivity index (χ1v) is 11.3. The number of alkyl halides is 6. The molecule has 2 aromatic carbocycles. The van der Waals surface area contributed by atoms with Gasteiger partial charge >= 0.3 is 18.3 Å². The van der Waals surface area contributed by atoms with Crippen LogP contribution < -0.4 is 0 Å². The van der Waals surface area contributed by atoms with E-state index >= 15 is 0 Å². The summed E-state index contributed by atoms with van der Waals surface area (Å²) in [6.45, 7) is 4.20. The van der Waals surface area contributed by atoms with E-state index in [1.165, 1.54) is 24.3 Å². The van der Waals surface area contributed by atoms with Crippen molar-refractivity contribution < 1.29 is 36.2 Å². The molecule has 1 saturated heterocycles. The van der Waals surface area contributed by atoms with Gasteiger partial charge in [-0.1, -0.05) is 30.3 Å². The van der Waals surface area contributed by atoms with Gasteiger partial charge in [-0.25, -0.2) is 0 Å². The van der Waals surface area contributed by atoms with Crippen molar-refractivity contribution in [2.45, 2.75) is 56.5 Å². The Morgan fingerprint density at radius 2 is 1.54 bits per heavy atom. The van der Waals surface area contributed by atoms with Crippen molar-refractivity contribution in [2.24, 2.45) is 5.92 Å². The van der Waals surface area contributed by atoms with Gasteiger partial charge in [-0.2, -0.15) is 26.3 Å². The number of benzene rings is 2. The highest BCUT2D eigenvalue weighted by atomic mass is 19.4. The zero-order chi connectivity index (χ0) is 25.8. The molecule has 3 atom stereocenters. The van der Waals surface area contributed by atoms with Gasteiger partial charge in [0.15, 0.2) is 0 Å². The van der Waals surface area contributed by atoms with Crippen molar-refractivity contribution in [3.63, 3.8) is 0 Å². The van der Waals surface area contributed by atoms with Gasteiger partial charge < -0.3 is 5.11 Å². The molecule has 0 aliphatic carbocycles. The van der Waals surface area contributed by atoms with Crippen LogP contribution in [-0.4, -0.2) is 22.5 Å². The van der Waals surface area contributed by atoms with Crippen LogP contribution in [0, 0.1) is 5.92 Å². The number of nitrogens with zero attached hydrogens (tertiary/aromatic N) is 1. The van der Waals surface area contributed by atoms with Gasteiger partial charge in [0.1, 0.15) is 0 Å². The smallest absolute Gasteiger partial charge is 0.416 e. The molecular formula is C26H27F6NO2. The van der Waals surface area contributed by atoms with E-state index in [4.69, 9.17) is 0 Å². The molecule has 9 heteroatoms. The van der Waals surface area contributed by atoms with E-state index in [1.807, 2.05) is 0 Å². The van der Waals surface area contributed by atoms with Gasteiger partial charge in [0.05, 0.1) is 11.1 Å². The highest BCUT2D eigenvalue weighted by molar-refractivity contribution is 5.67. The molecule has 0 amide bonds. The van der Waals surface area contributed by atoms with E-state index < -0.39 is 29.4 Å². The molecule has 3 rings (SSSR count). The molecule has 1 heterocycles. The van der Waals surface area contributed by atoms with Crippen LogP contribution in [0.2, 0.25) is 0 Å². The van der Waals surface area contributed by atoms with Crippen molar-refractivity contribution in [1.82, 2.24) is 4.90 Å². The van der Waals surface area contributed by atoms with Gasteiger partial charge in [-0.05, 0) is 73.5 Å². The number of rotatable bonds is 8. The van der Waals surface area contributed by atoms with Crippen LogP contribution >= 0.6 is 0 Å². The van der Waals surface area contributed by atoms with Crippen molar-refractivity contribution in [2.75, 3.05) is 6.54 Å². The average Bonchev–Trinajstić information content (AvgIpc) is 2.79. The Bertz CT molecular complexity index is 998. The lowest BCUT2D eigenvalue weighted by Crippen LogP contribution is -2.40. The molecule has 1 N–H and O–H groups in total. The second kappa shape index (κ2) is 10.8. The van der Waals surface area contributed by atoms with Crippen LogP contribution in [0.25, 0.3) is 0 Å². The Kier molecular flexibility index (Phi) is 8.30. The largest absolute Gasteiger partial charge is 0.481 e. The van der Waals surface area contributed by atoms with Gasteiger partial charge in [0.25, 0.3) is 0 Å². The lowest BCUT2D eigenvalue weighted by Gasteiger charge is -2.44. The molecule has 2 aromatic rings. The lowest BCUT2D eigenvalue weighted by molar-refractivity contribution is -0.139. The standard InChI is InChI=1S/C26H27F6NO2/c1-2-3-4-22(18-5-9-20(10-6-18)25(27,28)29)33-14-13-17(16-24(34)35)15-23(33)19-7-11-21(12-8-19)26(30,31)32/h2,5-12,17,22-23H,1,3-4,13-16H2,(H,34,35). The summed E-state index contributed by atoms with van der Waals surface area (Å²) in [7, 11) is 0. The maximum absolute atomic E-state index is 13.1. The minimum atomic E-state index is -4.48. The molecule has 190 valence electrons. The van der Waals surface area contributed by atoms with Crippen LogP contribution in [0.1, 0.15) is 66.4 Å². The third kappa shape index (κ3) is 6.87. The molecule has 1 fully saturated rings. The van der Waals surface area contributed by atoms with E-state index in [0.717, 1.165) is 24.3 Å². The monoisotopic (exact) mass is 499 g/mol. The second-order valence-corrected chi connectivity index (χ2v) is 8.86. The molecule has 0 radical (unpaired) electrons. The van der Waals surface area contributed by atoms with Gasteiger partial charge in [-0.3, -0.25) is 9.69 Å². The summed E-state index contributed by atoms with van der Waals surface area (Å²) in [6.07, 6.45) is -5.17. The van der Waals surface area contributed by atoms with Crippen LogP contribution in [0.5, 0.6) is 0 Å². The number of hydrogen-bond acceptors (Lipinski definition) is 2. The minimum absolute atomic E-state index is 0.0530. The Hall–Kier alpha value is -2.81. The van der Waals surface area contributed by atoms with Crippen molar-refractivity contribution >= 4 is 5.97 Å². The number of carboxylic acids is 1. The molecule has 1 aliphatic rings. The molecular weight excluding hydrogens is 472 g/mol. The zero-order valence-electron chi connectivity index (χ0n) is 18.9. The molecule has 3 unspecified atom stereocenters. The SMILES string of the molecule is C=CCCC(c1ccc(C(F)(F)F)cc1)N1CCC(CC(=O)O)CC1c1ccc(C(F)(F)F)cc1. The fourth-order valence-corrected chi connectivity index (χ4v) is 4.78. The summed E-state index contributed by atoms with van der Waals surface area (Å²) in [5.41, 5.74) is -0.267. The van der Waals surface area contributed by atoms with E-state index in [2.05, 4.69) is 11.5 Å². The third-order valence-electron chi connectivity index (χ3n) is 6.51. The summed E-state index contributed by atoms with van der Waals surface area (Å²) in [5.74, 6) is -1.11. The molecule has 0 spiro atoms. The van der Waals surface area contributed by atoms with Gasteiger partial charge in [0, 0.05) is 18.5 Å². The lowest BCUT2D eigenvalue weighted by atomic mass is 9.82. The third-order valence-corrected chi connectivity index (χ3v) is 6.51. The summed E-state index contributed by atoms with van der Waals surface area (Å²) in [5, 5.41) is 9.27. The molecule has 0 bridgehead atoms. The summed E-state index contributed by atoms with van der Waals surface area (Å²) >= 11 is 0. The van der Waals surface area contributed by atoms with Crippen molar-refractivity contribution in [1.29, 1.82) is 0 Å². The topological polar surface area (TPSA) is 40.5 Å². The number of likely N-dealkylation sites (tertiary alicyclic amines) is 1. The highest BCUT2D eigenvalue weighted by Crippen LogP contribution is 2.43. The second-order valence-electron chi connectivity index (χ2n) is 8.86. The Morgan fingerprint density at radius 1 is 1.00 bits per heavy atom. The first-order valence-electron chi connectivity index (χ1n) is 11.3. The molecule has 1 aliphatic heterocycles. The summed E-state index contributed by atoms with van der Waals surface area (Å²) in [6, 6.07) is 9.05. The number of allylic oxidation sites excluding steroid dienone is 1. The number of carboxylic acid groups (broad SMARTS) is 1. The van der Waals surface area contributed by atoms with E-state index in [9.17, 15) is 36.2 Å². The molecule has 0 aromatic heterocycles. The van der Waals surface area contributed by atoms with Crippen LogP contribution in [0.4, 0.5) is 26.3 Å². The number of piperidine rings is 1. The summed E-state index contributed by atoms with van der Waals surface area (Å²) in [4.78, 5) is 13.4. The number of hydrogen-bond donors (Lipinski definition) is 1. The van der Waals surface area contributed by atoms with Gasteiger partial charge in [-0.15, -0.1) is 6.58 Å². The fraction of sp³-hybridized carbons (Fsp3) is 0.423. The van der Waals surface area contributed by atoms with Crippen LogP contribution in [0.3, 0.4) is 0 Å². The highest BCUT2D eigenvalue weighted by Gasteiger charge is 2.37. The predicted octanol–water partition coefficient (Wildman–Crippen LogP) is 7.66. The van der Waals surface area contributed by atoms with E-state index in [1.54, 1.807) is 6.08 Å². The van der Waals surface area contributed by atoms with E-state index in [0.29, 0.717) is 43.4 Å². The number of aliphatic carboxylic acids is 1.